The van der Waals surface area contributed by atoms with Crippen molar-refractivity contribution in [3.63, 3.8) is 0 Å². The Morgan fingerprint density at radius 1 is 1.74 bits per heavy atom. The fourth-order valence-corrected chi connectivity index (χ4v) is 1.74. The molecule has 0 saturated carbocycles. The van der Waals surface area contributed by atoms with Crippen LogP contribution in [0.15, 0.2) is 6.20 Å². The zero-order chi connectivity index (χ0) is 13.7. The minimum atomic E-state index is -0.568. The van der Waals surface area contributed by atoms with Crippen molar-refractivity contribution in [2.24, 2.45) is 0 Å². The number of carbonyl (C=O) groups excluding carboxylic acids is 1. The molecule has 1 fully saturated rings. The van der Waals surface area contributed by atoms with Gasteiger partial charge in [-0.15, -0.1) is 5.10 Å². The highest BCUT2D eigenvalue weighted by Gasteiger charge is 2.21. The van der Waals surface area contributed by atoms with E-state index in [2.05, 4.69) is 20.9 Å². The van der Waals surface area contributed by atoms with Crippen molar-refractivity contribution >= 4 is 5.91 Å². The lowest BCUT2D eigenvalue weighted by molar-refractivity contribution is 0.0587. The molecule has 0 aromatic carbocycles. The van der Waals surface area contributed by atoms with Gasteiger partial charge in [0, 0.05) is 26.7 Å². The van der Waals surface area contributed by atoms with Crippen LogP contribution in [0.4, 0.5) is 0 Å². The summed E-state index contributed by atoms with van der Waals surface area (Å²) in [5.41, 5.74) is 0.299. The molecule has 106 valence electrons. The molecule has 19 heavy (non-hydrogen) atoms. The Hall–Kier alpha value is -1.51. The first-order valence-corrected chi connectivity index (χ1v) is 6.28. The van der Waals surface area contributed by atoms with E-state index in [-0.39, 0.29) is 18.6 Å². The second kappa shape index (κ2) is 6.60. The van der Waals surface area contributed by atoms with Crippen LogP contribution in [0.2, 0.25) is 0 Å². The lowest BCUT2D eigenvalue weighted by atomic mass is 10.2. The minimum absolute atomic E-state index is 0.265. The van der Waals surface area contributed by atoms with Crippen LogP contribution in [0.25, 0.3) is 0 Å². The van der Waals surface area contributed by atoms with Crippen LogP contribution in [0.5, 0.6) is 0 Å². The molecule has 1 aromatic rings. The summed E-state index contributed by atoms with van der Waals surface area (Å²) in [5.74, 6) is -0.275. The Morgan fingerprint density at radius 2 is 2.53 bits per heavy atom. The van der Waals surface area contributed by atoms with Crippen LogP contribution in [0.3, 0.4) is 0 Å². The quantitative estimate of drug-likeness (QED) is 0.560. The molecule has 3 N–H and O–H groups in total. The zero-order valence-corrected chi connectivity index (χ0v) is 10.9. The van der Waals surface area contributed by atoms with Crippen LogP contribution in [-0.4, -0.2) is 65.5 Å². The molecular formula is C11H19N5O3. The third-order valence-corrected chi connectivity index (χ3v) is 3.00. The van der Waals surface area contributed by atoms with Gasteiger partial charge in [0.05, 0.1) is 24.9 Å². The highest BCUT2D eigenvalue weighted by atomic mass is 16.5. The molecule has 1 atom stereocenters. The molecular weight excluding hydrogens is 250 g/mol. The Bertz CT molecular complexity index is 418. The number of amides is 1. The summed E-state index contributed by atoms with van der Waals surface area (Å²) in [6.45, 7) is 2.35. The van der Waals surface area contributed by atoms with Gasteiger partial charge in [-0.1, -0.05) is 5.21 Å². The van der Waals surface area contributed by atoms with Crippen molar-refractivity contribution in [2.45, 2.75) is 18.6 Å². The topological polar surface area (TPSA) is 101 Å². The lowest BCUT2D eigenvalue weighted by Crippen LogP contribution is -2.43. The standard InChI is InChI=1S/C11H19N5O3/c1-19-7-9(17)2-3-13-11(18)10-6-16(15-14-10)8-4-12-5-8/h6,8-9,12,17H,2-5,7H2,1H3,(H,13,18). The molecule has 2 rings (SSSR count). The van der Waals surface area contributed by atoms with Gasteiger partial charge in [-0.25, -0.2) is 4.68 Å². The molecule has 1 aliphatic heterocycles. The second-order valence-electron chi connectivity index (χ2n) is 4.55. The average Bonchev–Trinajstić information content (AvgIpc) is 2.76. The van der Waals surface area contributed by atoms with E-state index in [1.807, 2.05) is 0 Å². The largest absolute Gasteiger partial charge is 0.391 e. The molecule has 0 spiro atoms. The maximum absolute atomic E-state index is 11.8. The number of aliphatic hydroxyl groups is 1. The maximum Gasteiger partial charge on any atom is 0.273 e. The van der Waals surface area contributed by atoms with Gasteiger partial charge in [0.25, 0.3) is 5.91 Å². The van der Waals surface area contributed by atoms with Gasteiger partial charge in [0.2, 0.25) is 0 Å². The van der Waals surface area contributed by atoms with Crippen molar-refractivity contribution in [3.05, 3.63) is 11.9 Å². The summed E-state index contributed by atoms with van der Waals surface area (Å²) in [5, 5.41) is 23.0. The van der Waals surface area contributed by atoms with Crippen LogP contribution in [-0.2, 0) is 4.74 Å². The summed E-state index contributed by atoms with van der Waals surface area (Å²) in [7, 11) is 1.52. The van der Waals surface area contributed by atoms with Gasteiger partial charge in [0.1, 0.15) is 0 Å². The third kappa shape index (κ3) is 3.72. The van der Waals surface area contributed by atoms with E-state index in [9.17, 15) is 9.90 Å². The van der Waals surface area contributed by atoms with Crippen molar-refractivity contribution in [3.8, 4) is 0 Å². The molecule has 1 aliphatic rings. The Balaban J connectivity index is 1.74. The summed E-state index contributed by atoms with van der Waals surface area (Å²) in [6.07, 6.45) is 1.52. The van der Waals surface area contributed by atoms with Crippen LogP contribution in [0, 0.1) is 0 Å². The summed E-state index contributed by atoms with van der Waals surface area (Å²) >= 11 is 0. The first kappa shape index (κ1) is 13.9. The van der Waals surface area contributed by atoms with Crippen LogP contribution in [0.1, 0.15) is 23.0 Å². The maximum atomic E-state index is 11.8. The summed E-state index contributed by atoms with van der Waals surface area (Å²) in [4.78, 5) is 11.8. The normalized spacial score (nSPS) is 16.9. The summed E-state index contributed by atoms with van der Waals surface area (Å²) in [6, 6.07) is 0.289. The van der Waals surface area contributed by atoms with Crippen molar-refractivity contribution < 1.29 is 14.6 Å². The first-order valence-electron chi connectivity index (χ1n) is 6.28. The van der Waals surface area contributed by atoms with Crippen LogP contribution >= 0.6 is 0 Å². The monoisotopic (exact) mass is 269 g/mol. The number of nitrogens with zero attached hydrogens (tertiary/aromatic N) is 3. The number of methoxy groups -OCH3 is 1. The number of carbonyl (C=O) groups is 1. The molecule has 0 aliphatic carbocycles. The second-order valence-corrected chi connectivity index (χ2v) is 4.55. The predicted octanol–water partition coefficient (Wildman–Crippen LogP) is -1.45. The van der Waals surface area contributed by atoms with E-state index in [0.717, 1.165) is 13.1 Å². The lowest BCUT2D eigenvalue weighted by Gasteiger charge is -2.26. The van der Waals surface area contributed by atoms with Gasteiger partial charge in [-0.2, -0.15) is 0 Å². The number of hydrogen-bond donors (Lipinski definition) is 3. The summed E-state index contributed by atoms with van der Waals surface area (Å²) < 4.78 is 6.50. The fourth-order valence-electron chi connectivity index (χ4n) is 1.74. The van der Waals surface area contributed by atoms with Gasteiger partial charge in [0.15, 0.2) is 5.69 Å². The third-order valence-electron chi connectivity index (χ3n) is 3.00. The minimum Gasteiger partial charge on any atom is -0.391 e. The zero-order valence-electron chi connectivity index (χ0n) is 10.9. The Labute approximate surface area is 111 Å². The van der Waals surface area contributed by atoms with Crippen molar-refractivity contribution in [2.75, 3.05) is 33.4 Å². The molecule has 1 aromatic heterocycles. The molecule has 8 heteroatoms. The number of aromatic nitrogens is 3. The van der Waals surface area contributed by atoms with Crippen molar-refractivity contribution in [1.82, 2.24) is 25.6 Å². The molecule has 1 unspecified atom stereocenters. The number of hydrogen-bond acceptors (Lipinski definition) is 6. The molecule has 1 amide bonds. The number of aliphatic hydroxyl groups excluding tert-OH is 1. The molecule has 2 heterocycles. The van der Waals surface area contributed by atoms with Gasteiger partial charge < -0.3 is 20.5 Å². The predicted molar refractivity (Wildman–Crippen MR) is 66.8 cm³/mol. The number of ether oxygens (including phenoxy) is 1. The van der Waals surface area contributed by atoms with Crippen LogP contribution < -0.4 is 10.6 Å². The van der Waals surface area contributed by atoms with Crippen molar-refractivity contribution in [1.29, 1.82) is 0 Å². The molecule has 0 radical (unpaired) electrons. The van der Waals surface area contributed by atoms with E-state index in [0.29, 0.717) is 18.7 Å². The Kier molecular flexibility index (Phi) is 4.83. The Morgan fingerprint density at radius 3 is 3.16 bits per heavy atom. The van der Waals surface area contributed by atoms with Gasteiger partial charge in [-0.05, 0) is 6.42 Å². The van der Waals surface area contributed by atoms with Gasteiger partial charge >= 0.3 is 0 Å². The molecule has 0 bridgehead atoms. The smallest absolute Gasteiger partial charge is 0.273 e. The van der Waals surface area contributed by atoms with E-state index in [1.54, 1.807) is 10.9 Å². The van der Waals surface area contributed by atoms with Gasteiger partial charge in [-0.3, -0.25) is 4.79 Å². The fraction of sp³-hybridized carbons (Fsp3) is 0.727. The molecule has 1 saturated heterocycles. The number of nitrogens with one attached hydrogen (secondary N) is 2. The van der Waals surface area contributed by atoms with E-state index < -0.39 is 6.10 Å². The SMILES string of the molecule is COCC(O)CCNC(=O)c1cn(C2CNC2)nn1. The molecule has 8 nitrogen and oxygen atoms in total. The van der Waals surface area contributed by atoms with E-state index in [4.69, 9.17) is 4.74 Å². The first-order chi connectivity index (χ1) is 9.20. The average molecular weight is 269 g/mol. The highest BCUT2D eigenvalue weighted by Crippen LogP contribution is 2.09. The van der Waals surface area contributed by atoms with E-state index >= 15 is 0 Å². The number of rotatable bonds is 7. The highest BCUT2D eigenvalue weighted by molar-refractivity contribution is 5.91. The van der Waals surface area contributed by atoms with E-state index in [1.165, 1.54) is 7.11 Å².